The van der Waals surface area contributed by atoms with Crippen molar-refractivity contribution in [2.24, 2.45) is 10.2 Å². The van der Waals surface area contributed by atoms with Crippen molar-refractivity contribution in [2.75, 3.05) is 12.4 Å². The number of rotatable bonds is 6. The SMILES string of the molecule is COc1cc(N=Nc2c(Cl)cc([N+](=O)[O-])cc2[N+](=O)[O-])c(NC(C)=O)cc1C. The average molecular weight is 408 g/mol. The van der Waals surface area contributed by atoms with Gasteiger partial charge in [-0.25, -0.2) is 0 Å². The highest BCUT2D eigenvalue weighted by atomic mass is 35.5. The standard InChI is InChI=1S/C16H14ClN5O6/c1-8-4-12(18-9(2)23)13(7-15(8)28-3)19-20-16-11(17)5-10(21(24)25)6-14(16)22(26)27/h4-7H,1-3H3,(H,18,23). The third-order valence-corrected chi connectivity index (χ3v) is 3.81. The molecule has 0 atom stereocenters. The van der Waals surface area contributed by atoms with Crippen LogP contribution in [0.5, 0.6) is 5.75 Å². The van der Waals surface area contributed by atoms with Gasteiger partial charge in [-0.1, -0.05) is 11.6 Å². The fourth-order valence-corrected chi connectivity index (χ4v) is 2.53. The minimum Gasteiger partial charge on any atom is -0.496 e. The van der Waals surface area contributed by atoms with E-state index in [0.717, 1.165) is 12.1 Å². The molecule has 0 saturated heterocycles. The number of non-ortho nitro benzene ring substituents is 1. The van der Waals surface area contributed by atoms with E-state index in [2.05, 4.69) is 15.5 Å². The summed E-state index contributed by atoms with van der Waals surface area (Å²) < 4.78 is 5.20. The van der Waals surface area contributed by atoms with Crippen LogP contribution >= 0.6 is 11.6 Å². The van der Waals surface area contributed by atoms with E-state index in [4.69, 9.17) is 16.3 Å². The maximum atomic E-state index is 11.4. The zero-order chi connectivity index (χ0) is 21.0. The number of aryl methyl sites for hydroxylation is 1. The second-order valence-corrected chi connectivity index (χ2v) is 5.94. The number of nitrogens with zero attached hydrogens (tertiary/aromatic N) is 4. The Kier molecular flexibility index (Phi) is 6.21. The Morgan fingerprint density at radius 2 is 1.82 bits per heavy atom. The monoisotopic (exact) mass is 407 g/mol. The smallest absolute Gasteiger partial charge is 0.305 e. The first-order chi connectivity index (χ1) is 13.1. The van der Waals surface area contributed by atoms with Crippen molar-refractivity contribution >= 4 is 45.9 Å². The topological polar surface area (TPSA) is 149 Å². The van der Waals surface area contributed by atoms with Crippen molar-refractivity contribution in [2.45, 2.75) is 13.8 Å². The number of methoxy groups -OCH3 is 1. The van der Waals surface area contributed by atoms with Gasteiger partial charge in [-0.2, -0.15) is 0 Å². The molecule has 0 heterocycles. The maximum Gasteiger partial charge on any atom is 0.305 e. The predicted molar refractivity (Wildman–Crippen MR) is 101 cm³/mol. The summed E-state index contributed by atoms with van der Waals surface area (Å²) in [5.41, 5.74) is -0.415. The fraction of sp³-hybridized carbons (Fsp3) is 0.188. The molecular formula is C16H14ClN5O6. The summed E-state index contributed by atoms with van der Waals surface area (Å²) >= 11 is 5.94. The lowest BCUT2D eigenvalue weighted by Gasteiger charge is -2.11. The molecule has 146 valence electrons. The Bertz CT molecular complexity index is 1010. The first-order valence-corrected chi connectivity index (χ1v) is 8.02. The molecule has 1 N–H and O–H groups in total. The van der Waals surface area contributed by atoms with E-state index in [1.165, 1.54) is 20.1 Å². The Morgan fingerprint density at radius 1 is 1.14 bits per heavy atom. The second-order valence-electron chi connectivity index (χ2n) is 5.53. The van der Waals surface area contributed by atoms with Gasteiger partial charge in [-0.15, -0.1) is 10.2 Å². The minimum atomic E-state index is -0.850. The molecule has 2 rings (SSSR count). The third kappa shape index (κ3) is 4.57. The van der Waals surface area contributed by atoms with Crippen molar-refractivity contribution in [3.05, 3.63) is 55.1 Å². The molecule has 0 unspecified atom stereocenters. The molecule has 0 aromatic heterocycles. The van der Waals surface area contributed by atoms with Crippen LogP contribution in [0.2, 0.25) is 5.02 Å². The highest BCUT2D eigenvalue weighted by Gasteiger charge is 2.24. The maximum absolute atomic E-state index is 11.4. The number of hydrogen-bond acceptors (Lipinski definition) is 8. The van der Waals surface area contributed by atoms with Crippen molar-refractivity contribution in [3.8, 4) is 5.75 Å². The highest BCUT2D eigenvalue weighted by molar-refractivity contribution is 6.33. The van der Waals surface area contributed by atoms with Gasteiger partial charge in [0.05, 0.1) is 33.7 Å². The zero-order valence-corrected chi connectivity index (χ0v) is 15.7. The van der Waals surface area contributed by atoms with Gasteiger partial charge in [0.15, 0.2) is 5.69 Å². The van der Waals surface area contributed by atoms with E-state index in [0.29, 0.717) is 17.0 Å². The number of carbonyl (C=O) groups excluding carboxylic acids is 1. The summed E-state index contributed by atoms with van der Waals surface area (Å²) in [6.45, 7) is 3.06. The molecule has 0 aliphatic carbocycles. The lowest BCUT2D eigenvalue weighted by molar-refractivity contribution is -0.393. The van der Waals surface area contributed by atoms with Gasteiger partial charge >= 0.3 is 5.69 Å². The van der Waals surface area contributed by atoms with Gasteiger partial charge in [0.25, 0.3) is 5.69 Å². The van der Waals surface area contributed by atoms with E-state index >= 15 is 0 Å². The molecule has 2 aromatic carbocycles. The van der Waals surface area contributed by atoms with Gasteiger partial charge in [0.1, 0.15) is 11.4 Å². The van der Waals surface area contributed by atoms with E-state index in [9.17, 15) is 25.0 Å². The van der Waals surface area contributed by atoms with Crippen LogP contribution in [-0.4, -0.2) is 22.9 Å². The number of amides is 1. The third-order valence-electron chi connectivity index (χ3n) is 3.52. The van der Waals surface area contributed by atoms with Crippen molar-refractivity contribution in [1.82, 2.24) is 0 Å². The highest BCUT2D eigenvalue weighted by Crippen LogP contribution is 2.41. The van der Waals surface area contributed by atoms with Crippen LogP contribution in [0.3, 0.4) is 0 Å². The number of anilines is 1. The predicted octanol–water partition coefficient (Wildman–Crippen LogP) is 4.85. The second kappa shape index (κ2) is 8.39. The van der Waals surface area contributed by atoms with Gasteiger partial charge in [0, 0.05) is 19.1 Å². The molecule has 0 radical (unpaired) electrons. The number of hydrogen-bond donors (Lipinski definition) is 1. The molecule has 28 heavy (non-hydrogen) atoms. The molecule has 0 aliphatic rings. The summed E-state index contributed by atoms with van der Waals surface area (Å²) in [6.07, 6.45) is 0. The zero-order valence-electron chi connectivity index (χ0n) is 14.9. The molecule has 0 spiro atoms. The van der Waals surface area contributed by atoms with E-state index in [1.807, 2.05) is 0 Å². The Hall–Kier alpha value is -3.60. The molecule has 2 aromatic rings. The Morgan fingerprint density at radius 3 is 2.36 bits per heavy atom. The Labute approximate surface area is 163 Å². The number of carbonyl (C=O) groups is 1. The molecule has 0 fully saturated rings. The summed E-state index contributed by atoms with van der Waals surface area (Å²) in [5, 5.41) is 32.1. The van der Waals surface area contributed by atoms with E-state index in [1.54, 1.807) is 13.0 Å². The average Bonchev–Trinajstić information content (AvgIpc) is 2.60. The molecular weight excluding hydrogens is 394 g/mol. The molecule has 0 bridgehead atoms. The van der Waals surface area contributed by atoms with Crippen molar-refractivity contribution < 1.29 is 19.4 Å². The minimum absolute atomic E-state index is 0.154. The number of ether oxygens (including phenoxy) is 1. The fourth-order valence-electron chi connectivity index (χ4n) is 2.29. The van der Waals surface area contributed by atoms with Crippen LogP contribution in [0.4, 0.5) is 28.4 Å². The van der Waals surface area contributed by atoms with Gasteiger partial charge in [-0.05, 0) is 18.6 Å². The van der Waals surface area contributed by atoms with Crippen LogP contribution in [0, 0.1) is 27.2 Å². The molecule has 11 nitrogen and oxygen atoms in total. The first-order valence-electron chi connectivity index (χ1n) is 7.64. The summed E-state index contributed by atoms with van der Waals surface area (Å²) in [5.74, 6) is 0.0905. The van der Waals surface area contributed by atoms with Crippen molar-refractivity contribution in [3.63, 3.8) is 0 Å². The van der Waals surface area contributed by atoms with Gasteiger partial charge < -0.3 is 10.1 Å². The van der Waals surface area contributed by atoms with E-state index in [-0.39, 0.29) is 22.3 Å². The van der Waals surface area contributed by atoms with Crippen LogP contribution in [0.15, 0.2) is 34.5 Å². The lowest BCUT2D eigenvalue weighted by Crippen LogP contribution is -2.06. The number of benzene rings is 2. The quantitative estimate of drug-likeness (QED) is 0.411. The number of azo groups is 1. The van der Waals surface area contributed by atoms with Crippen LogP contribution in [0.25, 0.3) is 0 Å². The molecule has 0 saturated carbocycles. The lowest BCUT2D eigenvalue weighted by atomic mass is 10.1. The van der Waals surface area contributed by atoms with Crippen LogP contribution in [-0.2, 0) is 4.79 Å². The first kappa shape index (κ1) is 20.7. The van der Waals surface area contributed by atoms with Crippen LogP contribution < -0.4 is 10.1 Å². The molecule has 1 amide bonds. The summed E-state index contributed by atoms with van der Waals surface area (Å²) in [7, 11) is 1.44. The van der Waals surface area contributed by atoms with Gasteiger partial charge in [-0.3, -0.25) is 25.0 Å². The number of nitro groups is 2. The summed E-state index contributed by atoms with van der Waals surface area (Å²) in [6, 6.07) is 4.76. The molecule has 12 heteroatoms. The number of halogens is 1. The largest absolute Gasteiger partial charge is 0.496 e. The van der Waals surface area contributed by atoms with Gasteiger partial charge in [0.2, 0.25) is 5.91 Å². The Balaban J connectivity index is 2.60. The van der Waals surface area contributed by atoms with E-state index < -0.39 is 21.2 Å². The van der Waals surface area contributed by atoms with Crippen molar-refractivity contribution in [1.29, 1.82) is 0 Å². The normalized spacial score (nSPS) is 10.7. The summed E-state index contributed by atoms with van der Waals surface area (Å²) in [4.78, 5) is 31.9. The number of nitro benzene ring substituents is 2. The molecule has 0 aliphatic heterocycles. The van der Waals surface area contributed by atoms with Crippen LogP contribution in [0.1, 0.15) is 12.5 Å². The number of nitrogens with one attached hydrogen (secondary N) is 1.